The van der Waals surface area contributed by atoms with E-state index >= 15 is 0 Å². The summed E-state index contributed by atoms with van der Waals surface area (Å²) in [4.78, 5) is 35.0. The Balaban J connectivity index is 4.39. The predicted molar refractivity (Wildman–Crippen MR) is 71.7 cm³/mol. The number of carboxylic acid groups (broad SMARTS) is 1. The summed E-state index contributed by atoms with van der Waals surface area (Å²) in [5.74, 6) is -1.81. The number of methoxy groups -OCH3 is 2. The lowest BCUT2D eigenvalue weighted by Gasteiger charge is -2.23. The second kappa shape index (κ2) is 9.94. The average Bonchev–Trinajstić information content (AvgIpc) is 2.42. The Morgan fingerprint density at radius 1 is 1.29 bits per heavy atom. The molecule has 0 aromatic heterocycles. The van der Waals surface area contributed by atoms with Gasteiger partial charge >= 0.3 is 18.0 Å². The number of nitrogens with zero attached hydrogens (tertiary/aromatic N) is 1. The predicted octanol–water partition coefficient (Wildman–Crippen LogP) is -0.958. The number of hydrogen-bond acceptors (Lipinski definition) is 6. The van der Waals surface area contributed by atoms with Gasteiger partial charge in [-0.15, -0.1) is 0 Å². The number of carbonyl (C=O) groups is 3. The van der Waals surface area contributed by atoms with Crippen LogP contribution in [0.4, 0.5) is 4.79 Å². The lowest BCUT2D eigenvalue weighted by molar-refractivity contribution is -0.142. The number of esters is 1. The van der Waals surface area contributed by atoms with Crippen LogP contribution in [-0.4, -0.2) is 79.6 Å². The maximum Gasteiger partial charge on any atom is 0.326 e. The van der Waals surface area contributed by atoms with Crippen molar-refractivity contribution in [2.24, 2.45) is 0 Å². The van der Waals surface area contributed by atoms with Gasteiger partial charge in [0, 0.05) is 20.6 Å². The zero-order chi connectivity index (χ0) is 16.4. The molecule has 0 rings (SSSR count). The molecule has 0 aromatic rings. The van der Waals surface area contributed by atoms with Crippen LogP contribution in [0.25, 0.3) is 0 Å². The van der Waals surface area contributed by atoms with Crippen molar-refractivity contribution in [3.8, 4) is 0 Å². The molecular formula is C12H22N2O7. The fourth-order valence-corrected chi connectivity index (χ4v) is 1.52. The Kier molecular flexibility index (Phi) is 9.06. The van der Waals surface area contributed by atoms with Crippen molar-refractivity contribution in [1.29, 1.82) is 0 Å². The van der Waals surface area contributed by atoms with E-state index in [0.29, 0.717) is 0 Å². The van der Waals surface area contributed by atoms with Gasteiger partial charge in [-0.1, -0.05) is 0 Å². The molecule has 0 aliphatic rings. The highest BCUT2D eigenvalue weighted by Crippen LogP contribution is 2.01. The second-order valence-electron chi connectivity index (χ2n) is 4.44. The summed E-state index contributed by atoms with van der Waals surface area (Å²) in [7, 11) is 4.02. The standard InChI is InChI=1S/C12H22N2O7/c1-14(6-8(15)7-20-2)12(19)13-9(11(17)18)4-5-10(16)21-3/h8-9,15H,4-7H2,1-3H3,(H,13,19)(H,17,18)/t8?,9-/m1/s1. The Morgan fingerprint density at radius 3 is 2.38 bits per heavy atom. The van der Waals surface area contributed by atoms with Gasteiger partial charge in [0.15, 0.2) is 0 Å². The summed E-state index contributed by atoms with van der Waals surface area (Å²) in [6.07, 6.45) is -1.07. The van der Waals surface area contributed by atoms with E-state index in [4.69, 9.17) is 9.84 Å². The third kappa shape index (κ3) is 8.10. The van der Waals surface area contributed by atoms with E-state index in [-0.39, 0.29) is 26.0 Å². The molecule has 0 spiro atoms. The Morgan fingerprint density at radius 2 is 1.90 bits per heavy atom. The molecule has 0 aliphatic heterocycles. The van der Waals surface area contributed by atoms with E-state index in [0.717, 1.165) is 4.90 Å². The highest BCUT2D eigenvalue weighted by molar-refractivity contribution is 5.83. The van der Waals surface area contributed by atoms with Gasteiger partial charge < -0.3 is 29.9 Å². The summed E-state index contributed by atoms with van der Waals surface area (Å²) in [6.45, 7) is 0.0470. The molecule has 21 heavy (non-hydrogen) atoms. The van der Waals surface area contributed by atoms with Crippen LogP contribution in [0, 0.1) is 0 Å². The first-order valence-corrected chi connectivity index (χ1v) is 6.30. The molecule has 2 amide bonds. The molecule has 0 saturated carbocycles. The van der Waals surface area contributed by atoms with E-state index in [9.17, 15) is 19.5 Å². The van der Waals surface area contributed by atoms with Gasteiger partial charge in [-0.25, -0.2) is 9.59 Å². The first-order valence-electron chi connectivity index (χ1n) is 6.30. The average molecular weight is 306 g/mol. The maximum atomic E-state index is 11.8. The largest absolute Gasteiger partial charge is 0.480 e. The third-order valence-corrected chi connectivity index (χ3v) is 2.65. The number of aliphatic hydroxyl groups excluding tert-OH is 1. The molecular weight excluding hydrogens is 284 g/mol. The number of amides is 2. The molecule has 9 nitrogen and oxygen atoms in total. The lowest BCUT2D eigenvalue weighted by atomic mass is 10.1. The van der Waals surface area contributed by atoms with Gasteiger partial charge in [-0.2, -0.15) is 0 Å². The van der Waals surface area contributed by atoms with Crippen molar-refractivity contribution >= 4 is 18.0 Å². The highest BCUT2D eigenvalue weighted by atomic mass is 16.5. The molecule has 0 aliphatic carbocycles. The van der Waals surface area contributed by atoms with Crippen LogP contribution in [0.15, 0.2) is 0 Å². The first-order chi connectivity index (χ1) is 9.81. The molecule has 0 bridgehead atoms. The van der Waals surface area contributed by atoms with Crippen LogP contribution in [0.1, 0.15) is 12.8 Å². The van der Waals surface area contributed by atoms with E-state index < -0.39 is 30.1 Å². The Labute approximate surface area is 122 Å². The van der Waals surface area contributed by atoms with Crippen LogP contribution in [0.5, 0.6) is 0 Å². The number of rotatable bonds is 9. The monoisotopic (exact) mass is 306 g/mol. The molecule has 0 aromatic carbocycles. The van der Waals surface area contributed by atoms with Crippen molar-refractivity contribution in [3.05, 3.63) is 0 Å². The highest BCUT2D eigenvalue weighted by Gasteiger charge is 2.23. The van der Waals surface area contributed by atoms with Gasteiger partial charge in [0.05, 0.1) is 26.4 Å². The van der Waals surface area contributed by atoms with Gasteiger partial charge in [-0.05, 0) is 6.42 Å². The molecule has 0 heterocycles. The van der Waals surface area contributed by atoms with Crippen molar-refractivity contribution in [2.45, 2.75) is 25.0 Å². The zero-order valence-corrected chi connectivity index (χ0v) is 12.4. The quantitative estimate of drug-likeness (QED) is 0.468. The molecule has 122 valence electrons. The van der Waals surface area contributed by atoms with Crippen LogP contribution >= 0.6 is 0 Å². The summed E-state index contributed by atoms with van der Waals surface area (Å²) in [5, 5.41) is 20.8. The van der Waals surface area contributed by atoms with Gasteiger partial charge in [-0.3, -0.25) is 4.79 Å². The van der Waals surface area contributed by atoms with E-state index in [2.05, 4.69) is 10.1 Å². The molecule has 0 radical (unpaired) electrons. The zero-order valence-electron chi connectivity index (χ0n) is 12.4. The number of carboxylic acids is 1. The minimum atomic E-state index is -1.25. The van der Waals surface area contributed by atoms with Crippen LogP contribution in [-0.2, 0) is 19.1 Å². The van der Waals surface area contributed by atoms with Crippen molar-refractivity contribution in [3.63, 3.8) is 0 Å². The van der Waals surface area contributed by atoms with Crippen LogP contribution in [0.2, 0.25) is 0 Å². The first kappa shape index (κ1) is 19.1. The smallest absolute Gasteiger partial charge is 0.326 e. The minimum absolute atomic E-state index is 0.0109. The molecule has 2 atom stereocenters. The number of carbonyl (C=O) groups excluding carboxylic acids is 2. The number of likely N-dealkylation sites (N-methyl/N-ethyl adjacent to an activating group) is 1. The number of aliphatic carboxylic acids is 1. The van der Waals surface area contributed by atoms with Crippen LogP contribution in [0.3, 0.4) is 0 Å². The molecule has 1 unspecified atom stereocenters. The Hall–Kier alpha value is -1.87. The molecule has 9 heteroatoms. The third-order valence-electron chi connectivity index (χ3n) is 2.65. The maximum absolute atomic E-state index is 11.8. The number of ether oxygens (including phenoxy) is 2. The number of urea groups is 1. The van der Waals surface area contributed by atoms with Crippen molar-refractivity contribution in [1.82, 2.24) is 10.2 Å². The summed E-state index contributed by atoms with van der Waals surface area (Å²) >= 11 is 0. The van der Waals surface area contributed by atoms with E-state index in [1.54, 1.807) is 0 Å². The fourth-order valence-electron chi connectivity index (χ4n) is 1.52. The Bertz CT molecular complexity index is 362. The normalized spacial score (nSPS) is 13.1. The number of hydrogen-bond donors (Lipinski definition) is 3. The van der Waals surface area contributed by atoms with Crippen LogP contribution < -0.4 is 5.32 Å². The lowest BCUT2D eigenvalue weighted by Crippen LogP contribution is -2.48. The van der Waals surface area contributed by atoms with Gasteiger partial charge in [0.2, 0.25) is 0 Å². The minimum Gasteiger partial charge on any atom is -0.480 e. The molecule has 3 N–H and O–H groups in total. The summed E-state index contributed by atoms with van der Waals surface area (Å²) < 4.78 is 9.14. The van der Waals surface area contributed by atoms with E-state index in [1.165, 1.54) is 21.3 Å². The SMILES string of the molecule is COCC(O)CN(C)C(=O)N[C@H](CCC(=O)OC)C(=O)O. The number of nitrogens with one attached hydrogen (secondary N) is 1. The van der Waals surface area contributed by atoms with Gasteiger partial charge in [0.1, 0.15) is 6.04 Å². The second-order valence-corrected chi connectivity index (χ2v) is 4.44. The fraction of sp³-hybridized carbons (Fsp3) is 0.750. The summed E-state index contributed by atoms with van der Waals surface area (Å²) in [6, 6.07) is -1.87. The topological polar surface area (TPSA) is 125 Å². The summed E-state index contributed by atoms with van der Waals surface area (Å²) in [5.41, 5.74) is 0. The number of aliphatic hydroxyl groups is 1. The van der Waals surface area contributed by atoms with Crippen molar-refractivity contribution in [2.75, 3.05) is 34.4 Å². The van der Waals surface area contributed by atoms with Crippen molar-refractivity contribution < 1.29 is 34.1 Å². The molecule has 0 saturated heterocycles. The van der Waals surface area contributed by atoms with E-state index in [1.807, 2.05) is 0 Å². The van der Waals surface area contributed by atoms with Gasteiger partial charge in [0.25, 0.3) is 0 Å². The molecule has 0 fully saturated rings.